The van der Waals surface area contributed by atoms with Crippen LogP contribution in [-0.2, 0) is 0 Å². The molecule has 0 aliphatic rings. The van der Waals surface area contributed by atoms with Crippen molar-refractivity contribution in [3.63, 3.8) is 0 Å². The van der Waals surface area contributed by atoms with Crippen LogP contribution in [-0.4, -0.2) is 29.2 Å². The summed E-state index contributed by atoms with van der Waals surface area (Å²) in [5.41, 5.74) is 5.56. The molecule has 0 aromatic carbocycles. The van der Waals surface area contributed by atoms with Crippen LogP contribution in [0.5, 0.6) is 5.88 Å². The molecule has 0 radical (unpaired) electrons. The highest BCUT2D eigenvalue weighted by molar-refractivity contribution is 5.38. The van der Waals surface area contributed by atoms with E-state index in [9.17, 15) is 0 Å². The average Bonchev–Trinajstić information content (AvgIpc) is 2.36. The Labute approximate surface area is 103 Å². The lowest BCUT2D eigenvalue weighted by atomic mass is 10.1. The number of hydrogen-bond acceptors (Lipinski definition) is 5. The zero-order valence-electron chi connectivity index (χ0n) is 10.6. The molecule has 0 aliphatic heterocycles. The van der Waals surface area contributed by atoms with E-state index in [0.717, 1.165) is 25.1 Å². The molecule has 0 fully saturated rings. The van der Waals surface area contributed by atoms with Gasteiger partial charge in [-0.2, -0.15) is 0 Å². The molecule has 0 bridgehead atoms. The molecule has 0 amide bonds. The van der Waals surface area contributed by atoms with Crippen molar-refractivity contribution in [3.8, 4) is 5.88 Å². The summed E-state index contributed by atoms with van der Waals surface area (Å²) in [7, 11) is 0. The van der Waals surface area contributed by atoms with Crippen molar-refractivity contribution < 1.29 is 4.74 Å². The fourth-order valence-electron chi connectivity index (χ4n) is 1.49. The minimum Gasteiger partial charge on any atom is -0.478 e. The second kappa shape index (κ2) is 7.84. The molecule has 1 unspecified atom stereocenters. The second-order valence-electron chi connectivity index (χ2n) is 3.92. The van der Waals surface area contributed by atoms with Gasteiger partial charge in [0.25, 0.3) is 0 Å². The molecule has 5 nitrogen and oxygen atoms in total. The number of aromatic nitrogens is 2. The second-order valence-corrected chi connectivity index (χ2v) is 3.92. The van der Waals surface area contributed by atoms with Crippen LogP contribution in [0.1, 0.15) is 33.1 Å². The predicted molar refractivity (Wildman–Crippen MR) is 69.2 cm³/mol. The summed E-state index contributed by atoms with van der Waals surface area (Å²) >= 11 is 0. The van der Waals surface area contributed by atoms with Crippen LogP contribution in [0.4, 0.5) is 5.82 Å². The maximum Gasteiger partial charge on any atom is 0.218 e. The largest absolute Gasteiger partial charge is 0.478 e. The fourth-order valence-corrected chi connectivity index (χ4v) is 1.49. The van der Waals surface area contributed by atoms with E-state index < -0.39 is 0 Å². The highest BCUT2D eigenvalue weighted by atomic mass is 16.5. The summed E-state index contributed by atoms with van der Waals surface area (Å²) in [5, 5.41) is 3.34. The zero-order valence-corrected chi connectivity index (χ0v) is 10.6. The number of anilines is 1. The Balaban J connectivity index is 2.57. The van der Waals surface area contributed by atoms with Gasteiger partial charge in [-0.15, -0.1) is 0 Å². The quantitative estimate of drug-likeness (QED) is 0.722. The molecule has 96 valence electrons. The van der Waals surface area contributed by atoms with Gasteiger partial charge in [-0.05, 0) is 25.8 Å². The van der Waals surface area contributed by atoms with E-state index in [-0.39, 0.29) is 0 Å². The lowest BCUT2D eigenvalue weighted by Crippen LogP contribution is -2.22. The van der Waals surface area contributed by atoms with E-state index in [2.05, 4.69) is 29.1 Å². The summed E-state index contributed by atoms with van der Waals surface area (Å²) in [6.07, 6.45) is 4.44. The van der Waals surface area contributed by atoms with Crippen molar-refractivity contribution >= 4 is 5.82 Å². The number of hydrogen-bond donors (Lipinski definition) is 2. The Morgan fingerprint density at radius 2 is 2.24 bits per heavy atom. The van der Waals surface area contributed by atoms with Gasteiger partial charge in [-0.25, -0.2) is 9.97 Å². The first-order valence-electron chi connectivity index (χ1n) is 6.21. The first kappa shape index (κ1) is 13.7. The van der Waals surface area contributed by atoms with Gasteiger partial charge < -0.3 is 15.8 Å². The molecule has 1 heterocycles. The van der Waals surface area contributed by atoms with Crippen molar-refractivity contribution in [2.24, 2.45) is 5.73 Å². The molecule has 0 spiro atoms. The van der Waals surface area contributed by atoms with E-state index in [4.69, 9.17) is 10.5 Å². The highest BCUT2D eigenvalue weighted by Crippen LogP contribution is 2.13. The lowest BCUT2D eigenvalue weighted by molar-refractivity contribution is 0.305. The van der Waals surface area contributed by atoms with E-state index in [1.807, 2.05) is 6.07 Å². The van der Waals surface area contributed by atoms with Crippen LogP contribution in [0.25, 0.3) is 0 Å². The summed E-state index contributed by atoms with van der Waals surface area (Å²) in [4.78, 5) is 8.23. The topological polar surface area (TPSA) is 73.1 Å². The van der Waals surface area contributed by atoms with Gasteiger partial charge in [0, 0.05) is 12.1 Å². The van der Waals surface area contributed by atoms with Crippen molar-refractivity contribution in [1.82, 2.24) is 9.97 Å². The van der Waals surface area contributed by atoms with Gasteiger partial charge in [-0.1, -0.05) is 13.8 Å². The molecule has 0 saturated carbocycles. The standard InChI is InChI=1S/C12H22N4O/c1-3-7-17-12-8-11(14-9-15-12)16-10(4-2)5-6-13/h8-10H,3-7,13H2,1-2H3,(H,14,15,16). The third-order valence-corrected chi connectivity index (χ3v) is 2.46. The van der Waals surface area contributed by atoms with E-state index in [1.165, 1.54) is 6.33 Å². The number of rotatable bonds is 8. The molecule has 1 atom stereocenters. The Kier molecular flexibility index (Phi) is 6.32. The maximum atomic E-state index is 5.56. The number of nitrogens with two attached hydrogens (primary N) is 1. The van der Waals surface area contributed by atoms with Crippen LogP contribution in [0.2, 0.25) is 0 Å². The summed E-state index contributed by atoms with van der Waals surface area (Å²) in [5.74, 6) is 1.42. The minimum atomic E-state index is 0.355. The third-order valence-electron chi connectivity index (χ3n) is 2.46. The Morgan fingerprint density at radius 1 is 1.41 bits per heavy atom. The average molecular weight is 238 g/mol. The molecule has 3 N–H and O–H groups in total. The first-order valence-corrected chi connectivity index (χ1v) is 6.21. The van der Waals surface area contributed by atoms with Crippen LogP contribution >= 0.6 is 0 Å². The number of nitrogens with one attached hydrogen (secondary N) is 1. The predicted octanol–water partition coefficient (Wildman–Crippen LogP) is 1.80. The van der Waals surface area contributed by atoms with Gasteiger partial charge in [0.1, 0.15) is 12.1 Å². The molecule has 5 heteroatoms. The Bertz CT molecular complexity index is 319. The molecular weight excluding hydrogens is 216 g/mol. The van der Waals surface area contributed by atoms with Gasteiger partial charge in [0.15, 0.2) is 0 Å². The van der Waals surface area contributed by atoms with E-state index >= 15 is 0 Å². The molecule has 0 saturated heterocycles. The fraction of sp³-hybridized carbons (Fsp3) is 0.667. The molecule has 1 rings (SSSR count). The smallest absolute Gasteiger partial charge is 0.218 e. The van der Waals surface area contributed by atoms with Gasteiger partial charge in [0.2, 0.25) is 5.88 Å². The molecule has 17 heavy (non-hydrogen) atoms. The molecule has 1 aromatic heterocycles. The summed E-state index contributed by atoms with van der Waals surface area (Å²) in [6, 6.07) is 2.18. The number of ether oxygens (including phenoxy) is 1. The van der Waals surface area contributed by atoms with Crippen LogP contribution in [0.3, 0.4) is 0 Å². The van der Waals surface area contributed by atoms with Crippen molar-refractivity contribution in [3.05, 3.63) is 12.4 Å². The van der Waals surface area contributed by atoms with E-state index in [1.54, 1.807) is 0 Å². The highest BCUT2D eigenvalue weighted by Gasteiger charge is 2.06. The van der Waals surface area contributed by atoms with Crippen LogP contribution < -0.4 is 15.8 Å². The first-order chi connectivity index (χ1) is 8.30. The zero-order chi connectivity index (χ0) is 12.5. The monoisotopic (exact) mass is 238 g/mol. The SMILES string of the molecule is CCCOc1cc(NC(CC)CCN)ncn1. The van der Waals surface area contributed by atoms with Gasteiger partial charge in [0.05, 0.1) is 6.61 Å². The van der Waals surface area contributed by atoms with Crippen LogP contribution in [0.15, 0.2) is 12.4 Å². The maximum absolute atomic E-state index is 5.56. The van der Waals surface area contributed by atoms with Crippen molar-refractivity contribution in [2.75, 3.05) is 18.5 Å². The van der Waals surface area contributed by atoms with Crippen molar-refractivity contribution in [1.29, 1.82) is 0 Å². The summed E-state index contributed by atoms with van der Waals surface area (Å²) in [6.45, 7) is 5.55. The summed E-state index contributed by atoms with van der Waals surface area (Å²) < 4.78 is 5.46. The molecule has 1 aromatic rings. The Morgan fingerprint density at radius 3 is 2.88 bits per heavy atom. The molecule has 0 aliphatic carbocycles. The van der Waals surface area contributed by atoms with Gasteiger partial charge >= 0.3 is 0 Å². The van der Waals surface area contributed by atoms with Crippen LogP contribution in [0, 0.1) is 0 Å². The molecular formula is C12H22N4O. The lowest BCUT2D eigenvalue weighted by Gasteiger charge is -2.16. The minimum absolute atomic E-state index is 0.355. The van der Waals surface area contributed by atoms with E-state index in [0.29, 0.717) is 25.1 Å². The normalized spacial score (nSPS) is 12.2. The number of nitrogens with zero attached hydrogens (tertiary/aromatic N) is 2. The Hall–Kier alpha value is -1.36. The third kappa shape index (κ3) is 4.99. The van der Waals surface area contributed by atoms with Gasteiger partial charge in [-0.3, -0.25) is 0 Å². The van der Waals surface area contributed by atoms with Crippen molar-refractivity contribution in [2.45, 2.75) is 39.2 Å².